The molecular formula is C10H9O3. The van der Waals surface area contributed by atoms with Gasteiger partial charge in [0.25, 0.3) is 0 Å². The van der Waals surface area contributed by atoms with E-state index in [1.54, 1.807) is 30.6 Å². The zero-order chi connectivity index (χ0) is 9.68. The first kappa shape index (κ1) is 9.45. The van der Waals surface area contributed by atoms with Gasteiger partial charge in [-0.1, -0.05) is 12.1 Å². The predicted molar refractivity (Wildman–Crippen MR) is 47.2 cm³/mol. The first-order valence-electron chi connectivity index (χ1n) is 3.80. The molecule has 0 N–H and O–H groups in total. The van der Waals surface area contributed by atoms with E-state index in [0.717, 1.165) is 5.56 Å². The summed E-state index contributed by atoms with van der Waals surface area (Å²) in [7, 11) is 1.33. The lowest BCUT2D eigenvalue weighted by molar-refractivity contribution is 0.0601. The lowest BCUT2D eigenvalue weighted by Crippen LogP contribution is -2.00. The number of ether oxygens (including phenoxy) is 1. The second-order valence-corrected chi connectivity index (χ2v) is 2.51. The second kappa shape index (κ2) is 4.40. The highest BCUT2D eigenvalue weighted by Gasteiger charge is 2.03. The van der Waals surface area contributed by atoms with E-state index in [0.29, 0.717) is 5.56 Å². The van der Waals surface area contributed by atoms with Crippen LogP contribution in [0.3, 0.4) is 0 Å². The van der Waals surface area contributed by atoms with Crippen LogP contribution in [0.4, 0.5) is 0 Å². The van der Waals surface area contributed by atoms with Gasteiger partial charge >= 0.3 is 5.97 Å². The molecule has 0 amide bonds. The molecule has 13 heavy (non-hydrogen) atoms. The minimum atomic E-state index is -0.373. The lowest BCUT2D eigenvalue weighted by atomic mass is 10.1. The van der Waals surface area contributed by atoms with Crippen LogP contribution >= 0.6 is 0 Å². The van der Waals surface area contributed by atoms with Crippen molar-refractivity contribution in [3.63, 3.8) is 0 Å². The standard InChI is InChI=1S/C10H9O3/c1-13-10(12)9-4-2-8(3-5-9)6-7-11/h2-5H,6H2,1H3. The van der Waals surface area contributed by atoms with Crippen LogP contribution in [0.2, 0.25) is 0 Å². The van der Waals surface area contributed by atoms with Gasteiger partial charge in [0, 0.05) is 6.42 Å². The third kappa shape index (κ3) is 2.40. The summed E-state index contributed by atoms with van der Waals surface area (Å²) in [5, 5.41) is 0. The van der Waals surface area contributed by atoms with E-state index in [4.69, 9.17) is 0 Å². The van der Waals surface area contributed by atoms with Crippen molar-refractivity contribution in [3.05, 3.63) is 35.4 Å². The quantitative estimate of drug-likeness (QED) is 0.650. The fourth-order valence-corrected chi connectivity index (χ4v) is 0.960. The van der Waals surface area contributed by atoms with Gasteiger partial charge in [-0.05, 0) is 17.7 Å². The Kier molecular flexibility index (Phi) is 3.20. The average molecular weight is 177 g/mol. The van der Waals surface area contributed by atoms with Gasteiger partial charge in [-0.2, -0.15) is 0 Å². The Morgan fingerprint density at radius 1 is 1.38 bits per heavy atom. The molecule has 0 bridgehead atoms. The third-order valence-corrected chi connectivity index (χ3v) is 1.65. The van der Waals surface area contributed by atoms with Crippen LogP contribution in [0.25, 0.3) is 0 Å². The highest BCUT2D eigenvalue weighted by Crippen LogP contribution is 2.05. The molecule has 0 aliphatic rings. The fraction of sp³-hybridized carbons (Fsp3) is 0.200. The molecule has 0 aliphatic heterocycles. The van der Waals surface area contributed by atoms with Gasteiger partial charge in [0.1, 0.15) is 0 Å². The summed E-state index contributed by atoms with van der Waals surface area (Å²) < 4.78 is 4.52. The second-order valence-electron chi connectivity index (χ2n) is 2.51. The Bertz CT molecular complexity index is 300. The zero-order valence-corrected chi connectivity index (χ0v) is 7.24. The summed E-state index contributed by atoms with van der Waals surface area (Å²) in [6, 6.07) is 6.66. The maximum Gasteiger partial charge on any atom is 0.337 e. The topological polar surface area (TPSA) is 43.4 Å². The van der Waals surface area contributed by atoms with Crippen molar-refractivity contribution in [2.45, 2.75) is 6.42 Å². The monoisotopic (exact) mass is 177 g/mol. The van der Waals surface area contributed by atoms with Crippen LogP contribution in [0.15, 0.2) is 24.3 Å². The zero-order valence-electron chi connectivity index (χ0n) is 7.24. The molecule has 3 nitrogen and oxygen atoms in total. The highest BCUT2D eigenvalue weighted by molar-refractivity contribution is 5.89. The van der Waals surface area contributed by atoms with E-state index in [1.165, 1.54) is 7.11 Å². The van der Waals surface area contributed by atoms with E-state index in [-0.39, 0.29) is 12.4 Å². The third-order valence-electron chi connectivity index (χ3n) is 1.65. The Morgan fingerprint density at radius 3 is 2.46 bits per heavy atom. The van der Waals surface area contributed by atoms with Crippen LogP contribution in [0, 0.1) is 0 Å². The number of hydrogen-bond acceptors (Lipinski definition) is 3. The van der Waals surface area contributed by atoms with Crippen molar-refractivity contribution in [1.82, 2.24) is 0 Å². The molecule has 1 rings (SSSR count). The molecule has 1 radical (unpaired) electrons. The molecule has 0 saturated heterocycles. The van der Waals surface area contributed by atoms with Crippen molar-refractivity contribution < 1.29 is 14.3 Å². The number of hydrogen-bond donors (Lipinski definition) is 0. The van der Waals surface area contributed by atoms with Crippen LogP contribution in [-0.2, 0) is 16.0 Å². The molecule has 0 aliphatic carbocycles. The first-order valence-corrected chi connectivity index (χ1v) is 3.80. The van der Waals surface area contributed by atoms with E-state index < -0.39 is 0 Å². The molecule has 0 unspecified atom stereocenters. The maximum atomic E-state index is 11.0. The van der Waals surface area contributed by atoms with E-state index in [1.807, 2.05) is 0 Å². The van der Waals surface area contributed by atoms with Crippen molar-refractivity contribution in [2.75, 3.05) is 7.11 Å². The molecule has 1 aromatic carbocycles. The average Bonchev–Trinajstić information content (AvgIpc) is 2.18. The molecule has 0 atom stereocenters. The molecule has 0 saturated carbocycles. The van der Waals surface area contributed by atoms with Crippen molar-refractivity contribution in [2.24, 2.45) is 0 Å². The summed E-state index contributed by atoms with van der Waals surface area (Å²) in [6.45, 7) is 0. The Balaban J connectivity index is 2.80. The van der Waals surface area contributed by atoms with Crippen molar-refractivity contribution in [1.29, 1.82) is 0 Å². The molecule has 0 aromatic heterocycles. The Morgan fingerprint density at radius 2 is 2.00 bits per heavy atom. The van der Waals surface area contributed by atoms with Crippen molar-refractivity contribution in [3.8, 4) is 0 Å². The lowest BCUT2D eigenvalue weighted by Gasteiger charge is -1.99. The number of methoxy groups -OCH3 is 1. The van der Waals surface area contributed by atoms with Crippen LogP contribution in [0.1, 0.15) is 15.9 Å². The van der Waals surface area contributed by atoms with Crippen molar-refractivity contribution >= 4 is 12.3 Å². The summed E-state index contributed by atoms with van der Waals surface area (Å²) in [4.78, 5) is 21.0. The van der Waals surface area contributed by atoms with Gasteiger partial charge in [-0.25, -0.2) is 4.79 Å². The summed E-state index contributed by atoms with van der Waals surface area (Å²) in [6.07, 6.45) is 2.03. The number of carbonyl (C=O) groups excluding carboxylic acids is 2. The van der Waals surface area contributed by atoms with Gasteiger partial charge in [-0.15, -0.1) is 0 Å². The van der Waals surface area contributed by atoms with Crippen LogP contribution in [-0.4, -0.2) is 19.4 Å². The first-order chi connectivity index (χ1) is 6.27. The largest absolute Gasteiger partial charge is 0.465 e. The molecule has 67 valence electrons. The fourth-order valence-electron chi connectivity index (χ4n) is 0.960. The number of rotatable bonds is 3. The minimum absolute atomic E-state index is 0.251. The van der Waals surface area contributed by atoms with Gasteiger partial charge in [0.2, 0.25) is 6.29 Å². The van der Waals surface area contributed by atoms with Crippen LogP contribution < -0.4 is 0 Å². The highest BCUT2D eigenvalue weighted by atomic mass is 16.5. The van der Waals surface area contributed by atoms with Gasteiger partial charge in [-0.3, -0.25) is 4.79 Å². The summed E-state index contributed by atoms with van der Waals surface area (Å²) in [5.41, 5.74) is 1.32. The molecule has 0 fully saturated rings. The molecule has 0 heterocycles. The van der Waals surface area contributed by atoms with E-state index >= 15 is 0 Å². The summed E-state index contributed by atoms with van der Waals surface area (Å²) in [5.74, 6) is -0.373. The number of esters is 1. The van der Waals surface area contributed by atoms with Gasteiger partial charge in [0.15, 0.2) is 0 Å². The Labute approximate surface area is 76.3 Å². The number of benzene rings is 1. The molecule has 1 aromatic rings. The van der Waals surface area contributed by atoms with Gasteiger partial charge < -0.3 is 4.74 Å². The molecule has 3 heteroatoms. The van der Waals surface area contributed by atoms with Crippen LogP contribution in [0.5, 0.6) is 0 Å². The normalized spacial score (nSPS) is 9.31. The van der Waals surface area contributed by atoms with Gasteiger partial charge in [0.05, 0.1) is 12.7 Å². The van der Waals surface area contributed by atoms with E-state index in [9.17, 15) is 9.59 Å². The number of carbonyl (C=O) groups is 1. The smallest absolute Gasteiger partial charge is 0.337 e. The predicted octanol–water partition coefficient (Wildman–Crippen LogP) is 1.13. The SMILES string of the molecule is COC(=O)c1ccc(C[C]=O)cc1. The Hall–Kier alpha value is -1.64. The van der Waals surface area contributed by atoms with E-state index in [2.05, 4.69) is 4.74 Å². The maximum absolute atomic E-state index is 11.0. The molecular weight excluding hydrogens is 168 g/mol. The summed E-state index contributed by atoms with van der Waals surface area (Å²) >= 11 is 0. The minimum Gasteiger partial charge on any atom is -0.465 e. The molecule has 0 spiro atoms.